The lowest BCUT2D eigenvalue weighted by atomic mass is 10.2. The zero-order valence-corrected chi connectivity index (χ0v) is 8.21. The maximum Gasteiger partial charge on any atom is 0.305 e. The number of aliphatic carboxylic acids is 1. The first-order valence-corrected chi connectivity index (χ1v) is 4.33. The monoisotopic (exact) mass is 195 g/mol. The number of carbonyl (C=O) groups is 1. The number of rotatable bonds is 4. The lowest BCUT2D eigenvalue weighted by Gasteiger charge is -2.22. The van der Waals surface area contributed by atoms with Gasteiger partial charge in [-0.05, 0) is 13.0 Å². The summed E-state index contributed by atoms with van der Waals surface area (Å²) in [4.78, 5) is 20.3. The minimum atomic E-state index is -0.819. The fourth-order valence-electron chi connectivity index (χ4n) is 1.06. The van der Waals surface area contributed by atoms with E-state index in [1.807, 2.05) is 6.92 Å². The molecule has 0 aromatic carbocycles. The number of hydrogen-bond donors (Lipinski definition) is 1. The van der Waals surface area contributed by atoms with Crippen molar-refractivity contribution in [1.29, 1.82) is 0 Å². The molecule has 1 unspecified atom stereocenters. The fraction of sp³-hybridized carbons (Fsp3) is 0.444. The second kappa shape index (κ2) is 4.55. The molecule has 5 nitrogen and oxygen atoms in total. The molecule has 1 heterocycles. The Morgan fingerprint density at radius 1 is 1.57 bits per heavy atom. The lowest BCUT2D eigenvalue weighted by molar-refractivity contribution is -0.137. The van der Waals surface area contributed by atoms with E-state index >= 15 is 0 Å². The number of carboxylic acids is 1. The van der Waals surface area contributed by atoms with Crippen molar-refractivity contribution in [1.82, 2.24) is 9.97 Å². The van der Waals surface area contributed by atoms with Crippen molar-refractivity contribution in [3.8, 4) is 0 Å². The topological polar surface area (TPSA) is 66.3 Å². The van der Waals surface area contributed by atoms with Crippen molar-refractivity contribution < 1.29 is 9.90 Å². The maximum absolute atomic E-state index is 10.5. The summed E-state index contributed by atoms with van der Waals surface area (Å²) in [5.41, 5.74) is 0. The summed E-state index contributed by atoms with van der Waals surface area (Å²) in [5, 5.41) is 8.61. The molecular formula is C9H13N3O2. The minimum absolute atomic E-state index is 0.0781. The van der Waals surface area contributed by atoms with Gasteiger partial charge in [0.25, 0.3) is 0 Å². The van der Waals surface area contributed by atoms with E-state index in [1.54, 1.807) is 30.4 Å². The van der Waals surface area contributed by atoms with Crippen molar-refractivity contribution in [3.05, 3.63) is 18.5 Å². The van der Waals surface area contributed by atoms with Crippen molar-refractivity contribution in [2.45, 2.75) is 19.4 Å². The van der Waals surface area contributed by atoms with Gasteiger partial charge < -0.3 is 10.0 Å². The quantitative estimate of drug-likeness (QED) is 0.768. The van der Waals surface area contributed by atoms with Crippen LogP contribution in [0.25, 0.3) is 0 Å². The van der Waals surface area contributed by atoms with Gasteiger partial charge in [-0.2, -0.15) is 0 Å². The molecule has 0 aliphatic carbocycles. The van der Waals surface area contributed by atoms with Gasteiger partial charge >= 0.3 is 5.97 Å². The zero-order valence-electron chi connectivity index (χ0n) is 8.21. The Morgan fingerprint density at radius 3 is 2.64 bits per heavy atom. The summed E-state index contributed by atoms with van der Waals surface area (Å²) < 4.78 is 0. The summed E-state index contributed by atoms with van der Waals surface area (Å²) in [6.45, 7) is 1.82. The third kappa shape index (κ3) is 2.69. The molecule has 5 heteroatoms. The molecule has 0 saturated carbocycles. The van der Waals surface area contributed by atoms with Crippen LogP contribution in [0.15, 0.2) is 18.5 Å². The number of carboxylic acid groups (broad SMARTS) is 1. The number of hydrogen-bond acceptors (Lipinski definition) is 4. The van der Waals surface area contributed by atoms with Crippen LogP contribution in [0.5, 0.6) is 0 Å². The molecule has 0 saturated heterocycles. The highest BCUT2D eigenvalue weighted by atomic mass is 16.4. The SMILES string of the molecule is CC(CC(=O)O)N(C)c1ncccn1. The molecule has 0 spiro atoms. The molecule has 0 bridgehead atoms. The molecule has 0 radical (unpaired) electrons. The fourth-order valence-corrected chi connectivity index (χ4v) is 1.06. The maximum atomic E-state index is 10.5. The Kier molecular flexibility index (Phi) is 3.39. The van der Waals surface area contributed by atoms with E-state index < -0.39 is 5.97 Å². The van der Waals surface area contributed by atoms with Crippen LogP contribution in [0.2, 0.25) is 0 Å². The van der Waals surface area contributed by atoms with E-state index in [0.717, 1.165) is 0 Å². The summed E-state index contributed by atoms with van der Waals surface area (Å²) in [6.07, 6.45) is 3.34. The Morgan fingerprint density at radius 2 is 2.14 bits per heavy atom. The zero-order chi connectivity index (χ0) is 10.6. The molecule has 1 aromatic heterocycles. The van der Waals surface area contributed by atoms with Gasteiger partial charge in [0, 0.05) is 25.5 Å². The van der Waals surface area contributed by atoms with Crippen molar-refractivity contribution >= 4 is 11.9 Å². The molecule has 76 valence electrons. The summed E-state index contributed by atoms with van der Waals surface area (Å²) in [7, 11) is 1.78. The van der Waals surface area contributed by atoms with Crippen LogP contribution in [0.1, 0.15) is 13.3 Å². The average Bonchev–Trinajstić information content (AvgIpc) is 2.17. The third-order valence-corrected chi connectivity index (χ3v) is 2.00. The van der Waals surface area contributed by atoms with Gasteiger partial charge in [-0.1, -0.05) is 0 Å². The minimum Gasteiger partial charge on any atom is -0.481 e. The van der Waals surface area contributed by atoms with Crippen molar-refractivity contribution in [3.63, 3.8) is 0 Å². The van der Waals surface area contributed by atoms with Gasteiger partial charge in [0.1, 0.15) is 0 Å². The van der Waals surface area contributed by atoms with Crippen LogP contribution in [0, 0.1) is 0 Å². The molecule has 0 amide bonds. The summed E-state index contributed by atoms with van der Waals surface area (Å²) in [5.74, 6) is -0.276. The van der Waals surface area contributed by atoms with Crippen LogP contribution in [-0.2, 0) is 4.79 Å². The van der Waals surface area contributed by atoms with E-state index in [9.17, 15) is 4.79 Å². The van der Waals surface area contributed by atoms with Crippen molar-refractivity contribution in [2.75, 3.05) is 11.9 Å². The highest BCUT2D eigenvalue weighted by molar-refractivity contribution is 5.68. The molecule has 0 aliphatic heterocycles. The molecule has 1 rings (SSSR count). The van der Waals surface area contributed by atoms with Crippen LogP contribution in [0.3, 0.4) is 0 Å². The second-order valence-corrected chi connectivity index (χ2v) is 3.11. The van der Waals surface area contributed by atoms with E-state index in [1.165, 1.54) is 0 Å². The Labute approximate surface area is 82.4 Å². The van der Waals surface area contributed by atoms with E-state index in [2.05, 4.69) is 9.97 Å². The van der Waals surface area contributed by atoms with Gasteiger partial charge in [0.05, 0.1) is 6.42 Å². The van der Waals surface area contributed by atoms with Gasteiger partial charge in [-0.25, -0.2) is 9.97 Å². The van der Waals surface area contributed by atoms with Crippen LogP contribution in [0.4, 0.5) is 5.95 Å². The molecular weight excluding hydrogens is 182 g/mol. The highest BCUT2D eigenvalue weighted by Gasteiger charge is 2.14. The van der Waals surface area contributed by atoms with Crippen molar-refractivity contribution in [2.24, 2.45) is 0 Å². The smallest absolute Gasteiger partial charge is 0.305 e. The molecule has 1 atom stereocenters. The van der Waals surface area contributed by atoms with Crippen LogP contribution >= 0.6 is 0 Å². The van der Waals surface area contributed by atoms with Gasteiger partial charge in [0.2, 0.25) is 5.95 Å². The second-order valence-electron chi connectivity index (χ2n) is 3.11. The average molecular weight is 195 g/mol. The molecule has 1 aromatic rings. The number of nitrogens with zero attached hydrogens (tertiary/aromatic N) is 3. The number of anilines is 1. The van der Waals surface area contributed by atoms with E-state index in [0.29, 0.717) is 5.95 Å². The highest BCUT2D eigenvalue weighted by Crippen LogP contribution is 2.09. The third-order valence-electron chi connectivity index (χ3n) is 2.00. The lowest BCUT2D eigenvalue weighted by Crippen LogP contribution is -2.32. The Balaban J connectivity index is 2.65. The predicted octanol–water partition coefficient (Wildman–Crippen LogP) is 0.776. The standard InChI is InChI=1S/C9H13N3O2/c1-7(6-8(13)14)12(2)9-10-4-3-5-11-9/h3-5,7H,6H2,1-2H3,(H,13,14). The van der Waals surface area contributed by atoms with Gasteiger partial charge in [0.15, 0.2) is 0 Å². The molecule has 0 fully saturated rings. The number of aromatic nitrogens is 2. The van der Waals surface area contributed by atoms with E-state index in [4.69, 9.17) is 5.11 Å². The largest absolute Gasteiger partial charge is 0.481 e. The van der Waals surface area contributed by atoms with Gasteiger partial charge in [-0.3, -0.25) is 4.79 Å². The van der Waals surface area contributed by atoms with Crippen LogP contribution < -0.4 is 4.90 Å². The van der Waals surface area contributed by atoms with Crippen LogP contribution in [-0.4, -0.2) is 34.1 Å². The predicted molar refractivity (Wildman–Crippen MR) is 52.1 cm³/mol. The molecule has 1 N–H and O–H groups in total. The summed E-state index contributed by atoms with van der Waals surface area (Å²) in [6, 6.07) is 1.61. The Bertz CT molecular complexity index is 302. The first kappa shape index (κ1) is 10.4. The Hall–Kier alpha value is -1.65. The normalized spacial score (nSPS) is 12.1. The first-order valence-electron chi connectivity index (χ1n) is 4.33. The molecule has 14 heavy (non-hydrogen) atoms. The molecule has 0 aliphatic rings. The summed E-state index contributed by atoms with van der Waals surface area (Å²) >= 11 is 0. The van der Waals surface area contributed by atoms with Gasteiger partial charge in [-0.15, -0.1) is 0 Å². The van der Waals surface area contributed by atoms with E-state index in [-0.39, 0.29) is 12.5 Å². The first-order chi connectivity index (χ1) is 6.61.